The van der Waals surface area contributed by atoms with E-state index in [2.05, 4.69) is 53.3 Å². The molecule has 0 radical (unpaired) electrons. The smallest absolute Gasteiger partial charge is 0.121 e. The molecule has 0 aromatic heterocycles. The minimum Gasteiger partial charge on any atom is -0.497 e. The summed E-state index contributed by atoms with van der Waals surface area (Å²) in [4.78, 5) is 0. The maximum Gasteiger partial charge on any atom is 0.121 e. The van der Waals surface area contributed by atoms with Crippen LogP contribution in [0, 0.1) is 13.8 Å². The highest BCUT2D eigenvalue weighted by Gasteiger charge is 2.03. The lowest BCUT2D eigenvalue weighted by atomic mass is 10.1. The van der Waals surface area contributed by atoms with Crippen LogP contribution in [0.3, 0.4) is 0 Å². The lowest BCUT2D eigenvalue weighted by Crippen LogP contribution is -2.02. The third-order valence-electron chi connectivity index (χ3n) is 3.14. The van der Waals surface area contributed by atoms with E-state index in [0.717, 1.165) is 22.5 Å². The summed E-state index contributed by atoms with van der Waals surface area (Å²) in [7, 11) is 1.68. The number of ether oxygens (including phenoxy) is 1. The fourth-order valence-electron chi connectivity index (χ4n) is 2.00. The molecule has 0 aliphatic rings. The van der Waals surface area contributed by atoms with Crippen molar-refractivity contribution in [2.24, 2.45) is 0 Å². The summed E-state index contributed by atoms with van der Waals surface area (Å²) in [5.74, 6) is 0.853. The summed E-state index contributed by atoms with van der Waals surface area (Å²) >= 11 is 3.55. The number of hydrogen-bond acceptors (Lipinski definition) is 2. The second-order valence-corrected chi connectivity index (χ2v) is 5.48. The molecule has 2 aromatic rings. The van der Waals surface area contributed by atoms with Crippen LogP contribution in [-0.4, -0.2) is 7.11 Å². The van der Waals surface area contributed by atoms with Crippen molar-refractivity contribution in [2.75, 3.05) is 12.4 Å². The van der Waals surface area contributed by atoms with E-state index in [4.69, 9.17) is 4.74 Å². The van der Waals surface area contributed by atoms with E-state index in [1.54, 1.807) is 7.11 Å². The minimum atomic E-state index is 0.803. The highest BCUT2D eigenvalue weighted by Crippen LogP contribution is 2.27. The molecular weight excluding hydrogens is 302 g/mol. The molecule has 3 heteroatoms. The van der Waals surface area contributed by atoms with E-state index in [9.17, 15) is 0 Å². The first-order valence-corrected chi connectivity index (χ1v) is 7.03. The molecular formula is C16H18BrNO. The third-order valence-corrected chi connectivity index (χ3v) is 3.83. The number of benzene rings is 2. The van der Waals surface area contributed by atoms with Gasteiger partial charge >= 0.3 is 0 Å². The first kappa shape index (κ1) is 13.9. The van der Waals surface area contributed by atoms with Gasteiger partial charge in [-0.25, -0.2) is 0 Å². The van der Waals surface area contributed by atoms with Crippen LogP contribution in [0.25, 0.3) is 0 Å². The van der Waals surface area contributed by atoms with Gasteiger partial charge < -0.3 is 10.1 Å². The molecule has 2 aromatic carbocycles. The van der Waals surface area contributed by atoms with E-state index in [0.29, 0.717) is 0 Å². The summed E-state index contributed by atoms with van der Waals surface area (Å²) in [6.07, 6.45) is 0. The largest absolute Gasteiger partial charge is 0.497 e. The second-order valence-electron chi connectivity index (χ2n) is 4.63. The number of aryl methyl sites for hydroxylation is 2. The van der Waals surface area contributed by atoms with E-state index >= 15 is 0 Å². The SMILES string of the molecule is COc1ccc(Br)c(NCc2ccc(C)cc2C)c1. The van der Waals surface area contributed by atoms with Gasteiger partial charge in [0.1, 0.15) is 5.75 Å². The average molecular weight is 320 g/mol. The molecule has 2 nitrogen and oxygen atoms in total. The molecule has 0 saturated carbocycles. The Balaban J connectivity index is 2.14. The zero-order chi connectivity index (χ0) is 13.8. The van der Waals surface area contributed by atoms with Crippen LogP contribution < -0.4 is 10.1 Å². The molecule has 0 bridgehead atoms. The van der Waals surface area contributed by atoms with E-state index in [1.807, 2.05) is 18.2 Å². The van der Waals surface area contributed by atoms with Crippen LogP contribution in [-0.2, 0) is 6.54 Å². The fraction of sp³-hybridized carbons (Fsp3) is 0.250. The number of halogens is 1. The van der Waals surface area contributed by atoms with Crippen molar-refractivity contribution >= 4 is 21.6 Å². The van der Waals surface area contributed by atoms with E-state index < -0.39 is 0 Å². The highest BCUT2D eigenvalue weighted by molar-refractivity contribution is 9.10. The van der Waals surface area contributed by atoms with Crippen LogP contribution in [0.15, 0.2) is 40.9 Å². The van der Waals surface area contributed by atoms with Gasteiger partial charge in [-0.15, -0.1) is 0 Å². The van der Waals surface area contributed by atoms with Gasteiger partial charge in [0.05, 0.1) is 12.8 Å². The zero-order valence-electron chi connectivity index (χ0n) is 11.5. The van der Waals surface area contributed by atoms with Gasteiger partial charge in [0.2, 0.25) is 0 Å². The number of nitrogens with one attached hydrogen (secondary N) is 1. The van der Waals surface area contributed by atoms with Crippen molar-refractivity contribution < 1.29 is 4.74 Å². The Bertz CT molecular complexity index is 581. The van der Waals surface area contributed by atoms with Gasteiger partial charge in [-0.1, -0.05) is 23.8 Å². The maximum absolute atomic E-state index is 5.24. The molecule has 19 heavy (non-hydrogen) atoms. The van der Waals surface area contributed by atoms with Gasteiger partial charge in [0.15, 0.2) is 0 Å². The minimum absolute atomic E-state index is 0.803. The normalized spacial score (nSPS) is 10.3. The Labute approximate surface area is 122 Å². The van der Waals surface area contributed by atoms with Gasteiger partial charge in [0.25, 0.3) is 0 Å². The van der Waals surface area contributed by atoms with Crippen molar-refractivity contribution in [3.05, 3.63) is 57.6 Å². The molecule has 0 saturated heterocycles. The Kier molecular flexibility index (Phi) is 4.48. The molecule has 100 valence electrons. The first-order chi connectivity index (χ1) is 9.10. The topological polar surface area (TPSA) is 21.3 Å². The molecule has 0 unspecified atom stereocenters. The summed E-state index contributed by atoms with van der Waals surface area (Å²) < 4.78 is 6.28. The van der Waals surface area contributed by atoms with Crippen molar-refractivity contribution in [3.63, 3.8) is 0 Å². The molecule has 0 amide bonds. The lowest BCUT2D eigenvalue weighted by Gasteiger charge is -2.12. The summed E-state index contributed by atoms with van der Waals surface area (Å²) in [5.41, 5.74) is 4.95. The van der Waals surface area contributed by atoms with Crippen molar-refractivity contribution in [2.45, 2.75) is 20.4 Å². The predicted molar refractivity (Wildman–Crippen MR) is 83.9 cm³/mol. The molecule has 0 spiro atoms. The second kappa shape index (κ2) is 6.11. The molecule has 0 fully saturated rings. The Morgan fingerprint density at radius 3 is 2.58 bits per heavy atom. The van der Waals surface area contributed by atoms with Crippen LogP contribution in [0.2, 0.25) is 0 Å². The molecule has 0 heterocycles. The van der Waals surface area contributed by atoms with E-state index in [1.165, 1.54) is 16.7 Å². The zero-order valence-corrected chi connectivity index (χ0v) is 13.0. The quantitative estimate of drug-likeness (QED) is 0.883. The van der Waals surface area contributed by atoms with Crippen LogP contribution in [0.5, 0.6) is 5.75 Å². The lowest BCUT2D eigenvalue weighted by molar-refractivity contribution is 0.415. The molecule has 1 N–H and O–H groups in total. The third kappa shape index (κ3) is 3.51. The van der Waals surface area contributed by atoms with Crippen LogP contribution in [0.4, 0.5) is 5.69 Å². The number of methoxy groups -OCH3 is 1. The first-order valence-electron chi connectivity index (χ1n) is 6.23. The van der Waals surface area contributed by atoms with Crippen molar-refractivity contribution in [1.82, 2.24) is 0 Å². The van der Waals surface area contributed by atoms with Crippen molar-refractivity contribution in [1.29, 1.82) is 0 Å². The summed E-state index contributed by atoms with van der Waals surface area (Å²) in [6.45, 7) is 5.06. The molecule has 0 atom stereocenters. The molecule has 0 aliphatic carbocycles. The van der Waals surface area contributed by atoms with Gasteiger partial charge in [0, 0.05) is 17.1 Å². The monoisotopic (exact) mass is 319 g/mol. The maximum atomic E-state index is 5.24. The van der Waals surface area contributed by atoms with Gasteiger partial charge in [-0.3, -0.25) is 0 Å². The average Bonchev–Trinajstić information content (AvgIpc) is 2.39. The van der Waals surface area contributed by atoms with E-state index in [-0.39, 0.29) is 0 Å². The Morgan fingerprint density at radius 1 is 1.11 bits per heavy atom. The number of rotatable bonds is 4. The Hall–Kier alpha value is -1.48. The predicted octanol–water partition coefficient (Wildman–Crippen LogP) is 4.69. The summed E-state index contributed by atoms with van der Waals surface area (Å²) in [6, 6.07) is 12.4. The van der Waals surface area contributed by atoms with Crippen LogP contribution in [0.1, 0.15) is 16.7 Å². The van der Waals surface area contributed by atoms with Gasteiger partial charge in [-0.05, 0) is 53.0 Å². The summed E-state index contributed by atoms with van der Waals surface area (Å²) in [5, 5.41) is 3.44. The number of anilines is 1. The number of hydrogen-bond donors (Lipinski definition) is 1. The Morgan fingerprint density at radius 2 is 1.89 bits per heavy atom. The van der Waals surface area contributed by atoms with Crippen LogP contribution >= 0.6 is 15.9 Å². The fourth-order valence-corrected chi connectivity index (χ4v) is 2.39. The molecule has 0 aliphatic heterocycles. The van der Waals surface area contributed by atoms with Gasteiger partial charge in [-0.2, -0.15) is 0 Å². The standard InChI is InChI=1S/C16H18BrNO/c1-11-4-5-13(12(2)8-11)10-18-16-9-14(19-3)6-7-15(16)17/h4-9,18H,10H2,1-3H3. The molecule has 2 rings (SSSR count). The highest BCUT2D eigenvalue weighted by atomic mass is 79.9. The van der Waals surface area contributed by atoms with Crippen molar-refractivity contribution in [3.8, 4) is 5.75 Å².